The van der Waals surface area contributed by atoms with E-state index in [-0.39, 0.29) is 11.9 Å². The van der Waals surface area contributed by atoms with Gasteiger partial charge in [-0.1, -0.05) is 6.08 Å². The smallest absolute Gasteiger partial charge is 0.325 e. The first-order chi connectivity index (χ1) is 19.1. The largest absolute Gasteiger partial charge is 0.497 e. The predicted octanol–water partition coefficient (Wildman–Crippen LogP) is 4.69. The molecule has 208 valence electrons. The van der Waals surface area contributed by atoms with Crippen molar-refractivity contribution >= 4 is 28.0 Å². The van der Waals surface area contributed by atoms with Crippen molar-refractivity contribution in [1.29, 1.82) is 0 Å². The second kappa shape index (κ2) is 10.5. The molecule has 2 unspecified atom stereocenters. The number of nitro groups is 3. The summed E-state index contributed by atoms with van der Waals surface area (Å²) >= 11 is 0. The third kappa shape index (κ3) is 4.78. The van der Waals surface area contributed by atoms with Crippen molar-refractivity contribution in [2.45, 2.75) is 25.0 Å². The second-order valence-electron chi connectivity index (χ2n) is 9.81. The molecule has 0 aliphatic carbocycles. The van der Waals surface area contributed by atoms with Crippen molar-refractivity contribution in [3.05, 3.63) is 85.0 Å². The standard InChI is InChI=1S/C26H25N5O9/c1-3-14-13-28-7-6-15(14)8-21(28)25(32)19-12-24(27-20-5-4-17(39-2)11-18(19)20)40-26-22(30(35)36)9-16(29(33)34)10-23(26)31(37)38/h3-5,9-12,14-15,21,25,32H,1,6-8,13H2,2H3/t14-,15?,21-,25+/m0/s1. The highest BCUT2D eigenvalue weighted by Gasteiger charge is 2.42. The number of aromatic nitrogens is 1. The Hall–Kier alpha value is -4.69. The Balaban J connectivity index is 1.62. The fourth-order valence-corrected chi connectivity index (χ4v) is 5.71. The molecule has 2 aromatic carbocycles. The average Bonchev–Trinajstić information content (AvgIpc) is 2.95. The van der Waals surface area contributed by atoms with Crippen molar-refractivity contribution in [1.82, 2.24) is 9.88 Å². The van der Waals surface area contributed by atoms with E-state index in [1.165, 1.54) is 13.2 Å². The lowest BCUT2D eigenvalue weighted by atomic mass is 9.73. The molecule has 14 heteroatoms. The minimum atomic E-state index is -1.02. The average molecular weight is 552 g/mol. The molecule has 0 saturated carbocycles. The summed E-state index contributed by atoms with van der Waals surface area (Å²) in [6.45, 7) is 5.51. The number of methoxy groups -OCH3 is 1. The Morgan fingerprint density at radius 1 is 1.10 bits per heavy atom. The van der Waals surface area contributed by atoms with Gasteiger partial charge in [-0.15, -0.1) is 6.58 Å². The fraction of sp³-hybridized carbons (Fsp3) is 0.346. The van der Waals surface area contributed by atoms with Crippen LogP contribution >= 0.6 is 0 Å². The summed E-state index contributed by atoms with van der Waals surface area (Å²) in [5.41, 5.74) is -2.02. The maximum Gasteiger partial charge on any atom is 0.325 e. The number of nitro benzene ring substituents is 3. The Morgan fingerprint density at radius 3 is 2.35 bits per heavy atom. The quantitative estimate of drug-likeness (QED) is 0.221. The molecule has 4 heterocycles. The van der Waals surface area contributed by atoms with Crippen molar-refractivity contribution in [2.24, 2.45) is 11.8 Å². The van der Waals surface area contributed by atoms with Gasteiger partial charge in [-0.2, -0.15) is 0 Å². The van der Waals surface area contributed by atoms with Crippen LogP contribution in [0.25, 0.3) is 10.9 Å². The molecule has 3 aromatic rings. The number of benzene rings is 2. The Morgan fingerprint density at radius 2 is 1.80 bits per heavy atom. The van der Waals surface area contributed by atoms with Crippen LogP contribution in [0.4, 0.5) is 17.1 Å². The zero-order chi connectivity index (χ0) is 28.7. The van der Waals surface area contributed by atoms with Crippen LogP contribution in [-0.4, -0.2) is 56.0 Å². The van der Waals surface area contributed by atoms with Gasteiger partial charge in [-0.25, -0.2) is 4.98 Å². The van der Waals surface area contributed by atoms with Crippen LogP contribution in [0.1, 0.15) is 24.5 Å². The molecule has 0 amide bonds. The zero-order valence-corrected chi connectivity index (χ0v) is 21.3. The van der Waals surface area contributed by atoms with Gasteiger partial charge in [0, 0.05) is 24.0 Å². The van der Waals surface area contributed by atoms with Crippen molar-refractivity contribution in [2.75, 3.05) is 20.2 Å². The first-order valence-electron chi connectivity index (χ1n) is 12.4. The molecule has 3 aliphatic rings. The van der Waals surface area contributed by atoms with Crippen molar-refractivity contribution in [3.8, 4) is 17.4 Å². The zero-order valence-electron chi connectivity index (χ0n) is 21.3. The van der Waals surface area contributed by atoms with Crippen LogP contribution in [0.15, 0.2) is 49.1 Å². The summed E-state index contributed by atoms with van der Waals surface area (Å²) in [7, 11) is 1.50. The van der Waals surface area contributed by atoms with Gasteiger partial charge < -0.3 is 14.6 Å². The number of ether oxygens (including phenoxy) is 2. The van der Waals surface area contributed by atoms with Crippen molar-refractivity contribution in [3.63, 3.8) is 0 Å². The molecule has 0 spiro atoms. The first kappa shape index (κ1) is 26.9. The Kier molecular flexibility index (Phi) is 7.04. The molecule has 1 N–H and O–H groups in total. The molecule has 3 aliphatic heterocycles. The molecule has 40 heavy (non-hydrogen) atoms. The molecule has 3 fully saturated rings. The summed E-state index contributed by atoms with van der Waals surface area (Å²) in [4.78, 5) is 38.3. The number of rotatable bonds is 9. The summed E-state index contributed by atoms with van der Waals surface area (Å²) in [5.74, 6) is 0.136. The van der Waals surface area contributed by atoms with Gasteiger partial charge in [-0.3, -0.25) is 35.2 Å². The van der Waals surface area contributed by atoms with Gasteiger partial charge in [0.2, 0.25) is 5.88 Å². The van der Waals surface area contributed by atoms with Crippen LogP contribution in [-0.2, 0) is 0 Å². The highest BCUT2D eigenvalue weighted by molar-refractivity contribution is 5.85. The molecule has 1 aromatic heterocycles. The van der Waals surface area contributed by atoms with Crippen LogP contribution in [0.5, 0.6) is 17.4 Å². The molecule has 6 rings (SSSR count). The number of aliphatic hydroxyl groups excluding tert-OH is 1. The number of nitrogens with zero attached hydrogens (tertiary/aromatic N) is 5. The van der Waals surface area contributed by atoms with Crippen molar-refractivity contribution < 1.29 is 29.4 Å². The Bertz CT molecular complexity index is 1510. The van der Waals surface area contributed by atoms with Crippen LogP contribution < -0.4 is 9.47 Å². The minimum Gasteiger partial charge on any atom is -0.497 e. The van der Waals surface area contributed by atoms with Gasteiger partial charge in [0.1, 0.15) is 5.75 Å². The van der Waals surface area contributed by atoms with Gasteiger partial charge in [0.15, 0.2) is 0 Å². The molecule has 5 atom stereocenters. The molecule has 0 radical (unpaired) electrons. The minimum absolute atomic E-state index is 0.234. The van der Waals surface area contributed by atoms with Crippen LogP contribution in [0.3, 0.4) is 0 Å². The molecule has 14 nitrogen and oxygen atoms in total. The third-order valence-corrected chi connectivity index (χ3v) is 7.71. The second-order valence-corrected chi connectivity index (χ2v) is 9.81. The molecular weight excluding hydrogens is 526 g/mol. The maximum atomic E-state index is 11.7. The maximum absolute atomic E-state index is 11.7. The monoisotopic (exact) mass is 551 g/mol. The summed E-state index contributed by atoms with van der Waals surface area (Å²) in [6, 6.07) is 7.27. The van der Waals surface area contributed by atoms with E-state index in [0.29, 0.717) is 46.2 Å². The van der Waals surface area contributed by atoms with E-state index >= 15 is 0 Å². The molecular formula is C26H25N5O9. The van der Waals surface area contributed by atoms with Gasteiger partial charge >= 0.3 is 11.4 Å². The molecule has 2 bridgehead atoms. The summed E-state index contributed by atoms with van der Waals surface area (Å²) in [6.07, 6.45) is 2.64. The number of piperidine rings is 3. The van der Waals surface area contributed by atoms with Crippen LogP contribution in [0, 0.1) is 42.2 Å². The first-order valence-corrected chi connectivity index (χ1v) is 12.4. The number of aliphatic hydroxyl groups is 1. The van der Waals surface area contributed by atoms with E-state index in [1.54, 1.807) is 18.2 Å². The third-order valence-electron chi connectivity index (χ3n) is 7.71. The van der Waals surface area contributed by atoms with E-state index in [1.807, 2.05) is 6.08 Å². The van der Waals surface area contributed by atoms with Gasteiger partial charge in [-0.05, 0) is 55.0 Å². The van der Waals surface area contributed by atoms with E-state index in [2.05, 4.69) is 16.5 Å². The Labute approximate surface area is 226 Å². The lowest BCUT2D eigenvalue weighted by Crippen LogP contribution is -2.54. The van der Waals surface area contributed by atoms with Crippen LogP contribution in [0.2, 0.25) is 0 Å². The SMILES string of the molecule is C=C[C@H]1CN2CCC1C[C@H]2[C@H](O)c1cc(Oc2c([N+](=O)[O-])cc([N+](=O)[O-])cc2[N+](=O)[O-])nc2ccc(OC)cc12. The lowest BCUT2D eigenvalue weighted by Gasteiger charge is -2.50. The highest BCUT2D eigenvalue weighted by atomic mass is 16.6. The lowest BCUT2D eigenvalue weighted by molar-refractivity contribution is -0.404. The number of pyridine rings is 1. The van der Waals surface area contributed by atoms with Gasteiger partial charge in [0.25, 0.3) is 11.4 Å². The number of hydrogen-bond donors (Lipinski definition) is 1. The van der Waals surface area contributed by atoms with Gasteiger partial charge in [0.05, 0.1) is 45.6 Å². The topological polar surface area (TPSA) is 184 Å². The summed E-state index contributed by atoms with van der Waals surface area (Å²) in [5, 5.41) is 47.0. The predicted molar refractivity (Wildman–Crippen MR) is 142 cm³/mol. The van der Waals surface area contributed by atoms with E-state index < -0.39 is 43.7 Å². The molecule has 3 saturated heterocycles. The van der Waals surface area contributed by atoms with E-state index in [9.17, 15) is 35.4 Å². The number of hydrogen-bond acceptors (Lipinski definition) is 11. The highest BCUT2D eigenvalue weighted by Crippen LogP contribution is 2.45. The summed E-state index contributed by atoms with van der Waals surface area (Å²) < 4.78 is 11.0. The van der Waals surface area contributed by atoms with E-state index in [4.69, 9.17) is 9.47 Å². The fourth-order valence-electron chi connectivity index (χ4n) is 5.71. The number of non-ortho nitro benzene ring substituents is 1. The normalized spacial score (nSPS) is 22.4. The number of fused-ring (bicyclic) bond motifs is 4. The van der Waals surface area contributed by atoms with E-state index in [0.717, 1.165) is 25.9 Å².